The van der Waals surface area contributed by atoms with Gasteiger partial charge in [-0.25, -0.2) is 0 Å². The molecule has 0 aromatic heterocycles. The summed E-state index contributed by atoms with van der Waals surface area (Å²) in [7, 11) is 7.11. The third kappa shape index (κ3) is 12.0. The predicted molar refractivity (Wildman–Crippen MR) is 123 cm³/mol. The molecule has 0 bridgehead atoms. The molecule has 0 saturated heterocycles. The van der Waals surface area contributed by atoms with Gasteiger partial charge in [-0.3, -0.25) is 0 Å². The molecule has 3 unspecified atom stereocenters. The molecule has 0 heterocycles. The van der Waals surface area contributed by atoms with Gasteiger partial charge < -0.3 is 0 Å². The fourth-order valence-electron chi connectivity index (χ4n) is 4.60. The second kappa shape index (κ2) is 17.5. The van der Waals surface area contributed by atoms with Crippen LogP contribution in [0, 0.1) is 17.8 Å². The SMILES string of the molecule is CCCCCCC1C=CC(CCCCCCCCCSCl)C(CCC)C1. The van der Waals surface area contributed by atoms with Crippen LogP contribution < -0.4 is 0 Å². The van der Waals surface area contributed by atoms with Gasteiger partial charge >= 0.3 is 0 Å². The fraction of sp³-hybridized carbons (Fsp3) is 0.917. The Labute approximate surface area is 173 Å². The molecular weight excluding hydrogens is 356 g/mol. The Morgan fingerprint density at radius 2 is 1.38 bits per heavy atom. The summed E-state index contributed by atoms with van der Waals surface area (Å²) in [5.74, 6) is 3.84. The average molecular weight is 401 g/mol. The Balaban J connectivity index is 2.16. The van der Waals surface area contributed by atoms with Gasteiger partial charge in [-0.05, 0) is 54.1 Å². The van der Waals surface area contributed by atoms with E-state index in [1.54, 1.807) is 0 Å². The summed E-state index contributed by atoms with van der Waals surface area (Å²) in [6.45, 7) is 4.68. The predicted octanol–water partition coefficient (Wildman–Crippen LogP) is 9.57. The highest BCUT2D eigenvalue weighted by Crippen LogP contribution is 2.37. The van der Waals surface area contributed by atoms with Gasteiger partial charge in [-0.2, -0.15) is 0 Å². The van der Waals surface area contributed by atoms with E-state index in [0.717, 1.165) is 23.5 Å². The molecule has 0 nitrogen and oxygen atoms in total. The van der Waals surface area contributed by atoms with Crippen molar-refractivity contribution in [3.8, 4) is 0 Å². The third-order valence-corrected chi connectivity index (χ3v) is 7.09. The Bertz CT molecular complexity index is 328. The largest absolute Gasteiger partial charge is 0.0851 e. The Morgan fingerprint density at radius 3 is 2.08 bits per heavy atom. The first-order valence-electron chi connectivity index (χ1n) is 11.7. The minimum Gasteiger partial charge on any atom is -0.0851 e. The Kier molecular flexibility index (Phi) is 16.4. The molecule has 0 fully saturated rings. The summed E-state index contributed by atoms with van der Waals surface area (Å²) >= 11 is 0. The van der Waals surface area contributed by atoms with Gasteiger partial charge in [0.1, 0.15) is 0 Å². The zero-order valence-electron chi connectivity index (χ0n) is 17.7. The normalized spacial score (nSPS) is 22.8. The van der Waals surface area contributed by atoms with Crippen LogP contribution in [0.2, 0.25) is 0 Å². The van der Waals surface area contributed by atoms with Gasteiger partial charge in [-0.1, -0.05) is 114 Å². The van der Waals surface area contributed by atoms with Crippen LogP contribution >= 0.6 is 21.7 Å². The molecule has 0 aliphatic heterocycles. The number of rotatable bonds is 17. The lowest BCUT2D eigenvalue weighted by Crippen LogP contribution is -2.21. The van der Waals surface area contributed by atoms with Gasteiger partial charge in [-0.15, -0.1) is 0 Å². The van der Waals surface area contributed by atoms with E-state index in [4.69, 9.17) is 10.7 Å². The van der Waals surface area contributed by atoms with Crippen LogP contribution in [0.1, 0.15) is 117 Å². The smallest absolute Gasteiger partial charge is 0.00852 e. The van der Waals surface area contributed by atoms with Crippen LogP contribution in [-0.4, -0.2) is 5.75 Å². The number of allylic oxidation sites excluding steroid dienone is 2. The van der Waals surface area contributed by atoms with E-state index >= 15 is 0 Å². The minimum absolute atomic E-state index is 0.877. The first-order valence-corrected chi connectivity index (χ1v) is 13.5. The van der Waals surface area contributed by atoms with Crippen molar-refractivity contribution in [2.45, 2.75) is 117 Å². The number of halogens is 1. The van der Waals surface area contributed by atoms with Crippen molar-refractivity contribution >= 4 is 21.7 Å². The van der Waals surface area contributed by atoms with E-state index < -0.39 is 0 Å². The van der Waals surface area contributed by atoms with Crippen LogP contribution in [0.3, 0.4) is 0 Å². The number of hydrogen-bond acceptors (Lipinski definition) is 1. The van der Waals surface area contributed by atoms with Crippen LogP contribution in [0.25, 0.3) is 0 Å². The zero-order valence-corrected chi connectivity index (χ0v) is 19.3. The molecular formula is C24H45ClS. The van der Waals surface area contributed by atoms with Crippen molar-refractivity contribution < 1.29 is 0 Å². The maximum Gasteiger partial charge on any atom is 0.00852 e. The summed E-state index contributed by atoms with van der Waals surface area (Å²) in [6.07, 6.45) is 27.8. The molecule has 0 saturated carbocycles. The van der Waals surface area contributed by atoms with Crippen molar-refractivity contribution in [1.29, 1.82) is 0 Å². The van der Waals surface area contributed by atoms with Crippen LogP contribution in [0.5, 0.6) is 0 Å². The molecule has 3 atom stereocenters. The second-order valence-corrected chi connectivity index (χ2v) is 9.80. The maximum absolute atomic E-state index is 5.65. The van der Waals surface area contributed by atoms with Crippen molar-refractivity contribution in [1.82, 2.24) is 0 Å². The van der Waals surface area contributed by atoms with E-state index in [-0.39, 0.29) is 0 Å². The molecule has 1 rings (SSSR count). The molecule has 26 heavy (non-hydrogen) atoms. The lowest BCUT2D eigenvalue weighted by atomic mass is 9.73. The van der Waals surface area contributed by atoms with Gasteiger partial charge in [0, 0.05) is 5.75 Å². The molecule has 0 amide bonds. The highest BCUT2D eigenvalue weighted by Gasteiger charge is 2.25. The molecule has 2 heteroatoms. The molecule has 0 aromatic carbocycles. The summed E-state index contributed by atoms with van der Waals surface area (Å²) in [5, 5.41) is 0. The zero-order chi connectivity index (χ0) is 18.9. The summed E-state index contributed by atoms with van der Waals surface area (Å²) in [4.78, 5) is 0. The quantitative estimate of drug-likeness (QED) is 0.173. The van der Waals surface area contributed by atoms with E-state index in [9.17, 15) is 0 Å². The summed E-state index contributed by atoms with van der Waals surface area (Å²) in [6, 6.07) is 0. The van der Waals surface area contributed by atoms with Crippen molar-refractivity contribution in [3.63, 3.8) is 0 Å². The van der Waals surface area contributed by atoms with Gasteiger partial charge in [0.25, 0.3) is 0 Å². The van der Waals surface area contributed by atoms with Crippen molar-refractivity contribution in [2.75, 3.05) is 5.75 Å². The average Bonchev–Trinajstić information content (AvgIpc) is 2.65. The minimum atomic E-state index is 0.877. The maximum atomic E-state index is 5.65. The van der Waals surface area contributed by atoms with Gasteiger partial charge in [0.05, 0.1) is 0 Å². The monoisotopic (exact) mass is 400 g/mol. The van der Waals surface area contributed by atoms with Crippen molar-refractivity contribution in [2.24, 2.45) is 17.8 Å². The van der Waals surface area contributed by atoms with Gasteiger partial charge in [0.2, 0.25) is 0 Å². The van der Waals surface area contributed by atoms with Crippen LogP contribution in [0.4, 0.5) is 0 Å². The highest BCUT2D eigenvalue weighted by atomic mass is 35.7. The van der Waals surface area contributed by atoms with Crippen LogP contribution in [0.15, 0.2) is 12.2 Å². The molecule has 154 valence electrons. The van der Waals surface area contributed by atoms with E-state index in [0.29, 0.717) is 0 Å². The Hall–Kier alpha value is 0.380. The van der Waals surface area contributed by atoms with Gasteiger partial charge in [0.15, 0.2) is 0 Å². The molecule has 1 aliphatic rings. The molecule has 1 aliphatic carbocycles. The highest BCUT2D eigenvalue weighted by molar-refractivity contribution is 8.21. The molecule has 0 spiro atoms. The summed E-state index contributed by atoms with van der Waals surface area (Å²) in [5.41, 5.74) is 0. The fourth-order valence-corrected chi connectivity index (χ4v) is 5.24. The van der Waals surface area contributed by atoms with Crippen LogP contribution in [-0.2, 0) is 0 Å². The van der Waals surface area contributed by atoms with Crippen molar-refractivity contribution in [3.05, 3.63) is 12.2 Å². The standard InChI is InChI=1S/C24H45ClS/c1-3-5-6-12-16-22-18-19-23(24(21-22)15-4-2)17-13-10-8-7-9-11-14-20-26-25/h18-19,22-24H,3-17,20-21H2,1-2H3. The molecule has 0 aromatic rings. The first-order chi connectivity index (χ1) is 12.8. The molecule has 0 N–H and O–H groups in total. The van der Waals surface area contributed by atoms with E-state index in [1.807, 2.05) is 0 Å². The Morgan fingerprint density at radius 1 is 0.731 bits per heavy atom. The number of unbranched alkanes of at least 4 members (excludes halogenated alkanes) is 9. The second-order valence-electron chi connectivity index (χ2n) is 8.52. The first kappa shape index (κ1) is 24.4. The topological polar surface area (TPSA) is 0 Å². The molecule has 0 radical (unpaired) electrons. The van der Waals surface area contributed by atoms with E-state index in [1.165, 1.54) is 114 Å². The lowest BCUT2D eigenvalue weighted by Gasteiger charge is -2.32. The third-order valence-electron chi connectivity index (χ3n) is 6.19. The number of hydrogen-bond donors (Lipinski definition) is 0. The summed E-state index contributed by atoms with van der Waals surface area (Å²) < 4.78 is 0. The lowest BCUT2D eigenvalue weighted by molar-refractivity contribution is 0.263. The van der Waals surface area contributed by atoms with E-state index in [2.05, 4.69) is 26.0 Å².